The highest BCUT2D eigenvalue weighted by Gasteiger charge is 2.13. The van der Waals surface area contributed by atoms with Crippen LogP contribution in [-0.2, 0) is 0 Å². The lowest BCUT2D eigenvalue weighted by molar-refractivity contribution is 0.0975. The molecule has 0 saturated heterocycles. The lowest BCUT2D eigenvalue weighted by atomic mass is 9.93. The predicted molar refractivity (Wildman–Crippen MR) is 80.3 cm³/mol. The average Bonchev–Trinajstić information content (AvgIpc) is 2.40. The fourth-order valence-electron chi connectivity index (χ4n) is 1.94. The van der Waals surface area contributed by atoms with Crippen LogP contribution in [0.3, 0.4) is 0 Å². The number of rotatable bonds is 4. The topological polar surface area (TPSA) is 17.1 Å². The SMILES string of the molecule is CC(CC(=O)c1ccc(Cl)cc1)c1ccc(Cl)cc1. The molecule has 0 radical (unpaired) electrons. The molecule has 0 spiro atoms. The van der Waals surface area contributed by atoms with Gasteiger partial charge in [0.2, 0.25) is 0 Å². The van der Waals surface area contributed by atoms with Gasteiger partial charge in [-0.1, -0.05) is 42.3 Å². The van der Waals surface area contributed by atoms with Gasteiger partial charge in [-0.25, -0.2) is 0 Å². The van der Waals surface area contributed by atoms with Crippen molar-refractivity contribution < 1.29 is 4.79 Å². The molecule has 2 rings (SSSR count). The van der Waals surface area contributed by atoms with Crippen LogP contribution in [0.15, 0.2) is 48.5 Å². The van der Waals surface area contributed by atoms with Crippen LogP contribution in [0, 0.1) is 0 Å². The molecule has 0 amide bonds. The van der Waals surface area contributed by atoms with E-state index in [2.05, 4.69) is 0 Å². The molecule has 0 aromatic heterocycles. The second-order valence-corrected chi connectivity index (χ2v) is 5.46. The van der Waals surface area contributed by atoms with Gasteiger partial charge in [-0.15, -0.1) is 0 Å². The van der Waals surface area contributed by atoms with Crippen LogP contribution in [0.25, 0.3) is 0 Å². The molecular formula is C16H14Cl2O. The minimum atomic E-state index is 0.124. The zero-order valence-corrected chi connectivity index (χ0v) is 12.1. The van der Waals surface area contributed by atoms with Gasteiger partial charge >= 0.3 is 0 Å². The van der Waals surface area contributed by atoms with E-state index in [9.17, 15) is 4.79 Å². The number of hydrogen-bond acceptors (Lipinski definition) is 1. The van der Waals surface area contributed by atoms with Gasteiger partial charge in [-0.05, 0) is 47.9 Å². The van der Waals surface area contributed by atoms with Crippen LogP contribution in [0.4, 0.5) is 0 Å². The Hall–Kier alpha value is -1.31. The van der Waals surface area contributed by atoms with Crippen LogP contribution in [-0.4, -0.2) is 5.78 Å². The van der Waals surface area contributed by atoms with Crippen LogP contribution < -0.4 is 0 Å². The van der Waals surface area contributed by atoms with Crippen molar-refractivity contribution in [2.45, 2.75) is 19.3 Å². The second-order valence-electron chi connectivity index (χ2n) is 4.59. The third-order valence-electron chi connectivity index (χ3n) is 3.10. The number of carbonyl (C=O) groups is 1. The summed E-state index contributed by atoms with van der Waals surface area (Å²) in [6, 6.07) is 14.6. The molecule has 0 N–H and O–H groups in total. The molecule has 0 aliphatic rings. The van der Waals surface area contributed by atoms with Gasteiger partial charge in [0.25, 0.3) is 0 Å². The second kappa shape index (κ2) is 6.23. The van der Waals surface area contributed by atoms with Crippen molar-refractivity contribution in [1.29, 1.82) is 0 Å². The first-order valence-electron chi connectivity index (χ1n) is 6.10. The van der Waals surface area contributed by atoms with Gasteiger partial charge < -0.3 is 0 Å². The summed E-state index contributed by atoms with van der Waals surface area (Å²) in [7, 11) is 0. The summed E-state index contributed by atoms with van der Waals surface area (Å²) < 4.78 is 0. The van der Waals surface area contributed by atoms with Crippen LogP contribution in [0.5, 0.6) is 0 Å². The van der Waals surface area contributed by atoms with E-state index in [-0.39, 0.29) is 11.7 Å². The fourth-order valence-corrected chi connectivity index (χ4v) is 2.19. The van der Waals surface area contributed by atoms with Crippen LogP contribution in [0.1, 0.15) is 35.2 Å². The minimum Gasteiger partial charge on any atom is -0.294 e. The highest BCUT2D eigenvalue weighted by molar-refractivity contribution is 6.30. The maximum atomic E-state index is 12.1. The molecule has 98 valence electrons. The van der Waals surface area contributed by atoms with Crippen LogP contribution >= 0.6 is 23.2 Å². The van der Waals surface area contributed by atoms with Gasteiger partial charge in [0.05, 0.1) is 0 Å². The smallest absolute Gasteiger partial charge is 0.163 e. The van der Waals surface area contributed by atoms with Gasteiger partial charge in [-0.3, -0.25) is 4.79 Å². The molecule has 0 aliphatic heterocycles. The maximum absolute atomic E-state index is 12.1. The number of hydrogen-bond donors (Lipinski definition) is 0. The lowest BCUT2D eigenvalue weighted by Crippen LogP contribution is -2.04. The number of ketones is 1. The van der Waals surface area contributed by atoms with Crippen molar-refractivity contribution in [3.05, 3.63) is 69.7 Å². The highest BCUT2D eigenvalue weighted by atomic mass is 35.5. The summed E-state index contributed by atoms with van der Waals surface area (Å²) in [5.41, 5.74) is 1.82. The summed E-state index contributed by atoms with van der Waals surface area (Å²) in [6.45, 7) is 2.04. The zero-order valence-electron chi connectivity index (χ0n) is 10.6. The van der Waals surface area contributed by atoms with Gasteiger partial charge in [0, 0.05) is 22.0 Å². The molecular weight excluding hydrogens is 279 g/mol. The third kappa shape index (κ3) is 3.82. The molecule has 1 unspecified atom stereocenters. The quantitative estimate of drug-likeness (QED) is 0.692. The summed E-state index contributed by atoms with van der Waals surface area (Å²) in [5.74, 6) is 0.291. The van der Waals surface area contributed by atoms with Crippen molar-refractivity contribution in [3.8, 4) is 0 Å². The Morgan fingerprint density at radius 1 is 0.947 bits per heavy atom. The first kappa shape index (κ1) is 14.1. The molecule has 0 saturated carbocycles. The third-order valence-corrected chi connectivity index (χ3v) is 3.60. The summed E-state index contributed by atoms with van der Waals surface area (Å²) in [5, 5.41) is 1.35. The molecule has 19 heavy (non-hydrogen) atoms. The van der Waals surface area contributed by atoms with Crippen molar-refractivity contribution >= 4 is 29.0 Å². The standard InChI is InChI=1S/C16H14Cl2O/c1-11(12-2-6-14(17)7-3-12)10-16(19)13-4-8-15(18)9-5-13/h2-9,11H,10H2,1H3. The van der Waals surface area contributed by atoms with E-state index in [4.69, 9.17) is 23.2 Å². The number of benzene rings is 2. The lowest BCUT2D eigenvalue weighted by Gasteiger charge is -2.11. The van der Waals surface area contributed by atoms with E-state index >= 15 is 0 Å². The summed E-state index contributed by atoms with van der Waals surface area (Å²) in [4.78, 5) is 12.1. The minimum absolute atomic E-state index is 0.124. The molecule has 0 heterocycles. The average molecular weight is 293 g/mol. The number of Topliss-reactive ketones (excluding diaryl/α,β-unsaturated/α-hetero) is 1. The molecule has 0 bridgehead atoms. The summed E-state index contributed by atoms with van der Waals surface area (Å²) in [6.07, 6.45) is 0.475. The monoisotopic (exact) mass is 292 g/mol. The fraction of sp³-hybridized carbons (Fsp3) is 0.188. The Morgan fingerprint density at radius 2 is 1.42 bits per heavy atom. The largest absolute Gasteiger partial charge is 0.294 e. The zero-order chi connectivity index (χ0) is 13.8. The first-order valence-corrected chi connectivity index (χ1v) is 6.86. The molecule has 2 aromatic rings. The molecule has 1 atom stereocenters. The Balaban J connectivity index is 2.06. The Kier molecular flexibility index (Phi) is 4.62. The van der Waals surface area contributed by atoms with Crippen LogP contribution in [0.2, 0.25) is 10.0 Å². The molecule has 0 fully saturated rings. The van der Waals surface area contributed by atoms with E-state index < -0.39 is 0 Å². The van der Waals surface area contributed by atoms with Crippen molar-refractivity contribution in [3.63, 3.8) is 0 Å². The highest BCUT2D eigenvalue weighted by Crippen LogP contribution is 2.23. The number of halogens is 2. The molecule has 2 aromatic carbocycles. The van der Waals surface area contributed by atoms with Crippen molar-refractivity contribution in [2.24, 2.45) is 0 Å². The normalized spacial score (nSPS) is 12.2. The van der Waals surface area contributed by atoms with Crippen molar-refractivity contribution in [2.75, 3.05) is 0 Å². The van der Waals surface area contributed by atoms with E-state index in [0.717, 1.165) is 5.56 Å². The van der Waals surface area contributed by atoms with E-state index in [1.807, 2.05) is 31.2 Å². The molecule has 3 heteroatoms. The van der Waals surface area contributed by atoms with E-state index in [0.29, 0.717) is 22.0 Å². The first-order chi connectivity index (χ1) is 9.06. The van der Waals surface area contributed by atoms with Gasteiger partial charge in [0.1, 0.15) is 0 Å². The molecule has 0 aliphatic carbocycles. The Morgan fingerprint density at radius 3 is 1.95 bits per heavy atom. The Labute approximate surface area is 123 Å². The van der Waals surface area contributed by atoms with Gasteiger partial charge in [-0.2, -0.15) is 0 Å². The van der Waals surface area contributed by atoms with Gasteiger partial charge in [0.15, 0.2) is 5.78 Å². The molecule has 1 nitrogen and oxygen atoms in total. The maximum Gasteiger partial charge on any atom is 0.163 e. The number of carbonyl (C=O) groups excluding carboxylic acids is 1. The predicted octanol–water partition coefficient (Wildman–Crippen LogP) is 5.37. The Bertz CT molecular complexity index is 558. The van der Waals surface area contributed by atoms with E-state index in [1.54, 1.807) is 24.3 Å². The van der Waals surface area contributed by atoms with E-state index in [1.165, 1.54) is 0 Å². The summed E-state index contributed by atoms with van der Waals surface area (Å²) >= 11 is 11.7. The van der Waals surface area contributed by atoms with Crippen molar-refractivity contribution in [1.82, 2.24) is 0 Å².